The van der Waals surface area contributed by atoms with Crippen LogP contribution in [-0.2, 0) is 12.8 Å². The highest BCUT2D eigenvalue weighted by molar-refractivity contribution is 5.10. The number of pyridine rings is 1. The van der Waals surface area contributed by atoms with E-state index in [4.69, 9.17) is 0 Å². The number of rotatable bonds is 8. The molecule has 0 aromatic carbocycles. The van der Waals surface area contributed by atoms with E-state index in [2.05, 4.69) is 53.3 Å². The van der Waals surface area contributed by atoms with Gasteiger partial charge >= 0.3 is 0 Å². The van der Waals surface area contributed by atoms with E-state index in [9.17, 15) is 0 Å². The highest BCUT2D eigenvalue weighted by Crippen LogP contribution is 2.11. The zero-order chi connectivity index (χ0) is 15.1. The van der Waals surface area contributed by atoms with Crippen molar-refractivity contribution in [3.05, 3.63) is 42.2 Å². The van der Waals surface area contributed by atoms with E-state index in [1.807, 2.05) is 17.1 Å². The fourth-order valence-corrected chi connectivity index (χ4v) is 2.53. The van der Waals surface area contributed by atoms with Crippen LogP contribution in [0.2, 0.25) is 0 Å². The van der Waals surface area contributed by atoms with Crippen LogP contribution in [0.4, 0.5) is 0 Å². The standard InChI is InChI=1S/C16H25N5/c1-4-18-15(6-5-14-7-9-17-10-8-14)11-16-19-12-20-21(16)13(2)3/h7-10,12-13,15,18H,4-6,11H2,1-3H3. The molecular weight excluding hydrogens is 262 g/mol. The molecule has 2 heterocycles. The van der Waals surface area contributed by atoms with E-state index in [-0.39, 0.29) is 0 Å². The molecule has 0 bridgehead atoms. The van der Waals surface area contributed by atoms with E-state index in [0.29, 0.717) is 12.1 Å². The molecule has 1 atom stereocenters. The predicted molar refractivity (Wildman–Crippen MR) is 84.1 cm³/mol. The smallest absolute Gasteiger partial charge is 0.138 e. The predicted octanol–water partition coefficient (Wildman–Crippen LogP) is 2.41. The summed E-state index contributed by atoms with van der Waals surface area (Å²) < 4.78 is 2.01. The third-order valence-electron chi connectivity index (χ3n) is 3.59. The van der Waals surface area contributed by atoms with Crippen molar-refractivity contribution in [2.24, 2.45) is 0 Å². The second kappa shape index (κ2) is 7.88. The third-order valence-corrected chi connectivity index (χ3v) is 3.59. The fourth-order valence-electron chi connectivity index (χ4n) is 2.53. The van der Waals surface area contributed by atoms with Crippen LogP contribution < -0.4 is 5.32 Å². The van der Waals surface area contributed by atoms with Crippen molar-refractivity contribution in [1.82, 2.24) is 25.1 Å². The summed E-state index contributed by atoms with van der Waals surface area (Å²) in [5.74, 6) is 1.06. The first-order chi connectivity index (χ1) is 10.2. The first-order valence-electron chi connectivity index (χ1n) is 7.71. The van der Waals surface area contributed by atoms with E-state index < -0.39 is 0 Å². The van der Waals surface area contributed by atoms with Crippen LogP contribution in [0.15, 0.2) is 30.9 Å². The van der Waals surface area contributed by atoms with Crippen molar-refractivity contribution in [1.29, 1.82) is 0 Å². The quantitative estimate of drug-likeness (QED) is 0.810. The first kappa shape index (κ1) is 15.6. The zero-order valence-electron chi connectivity index (χ0n) is 13.2. The van der Waals surface area contributed by atoms with Crippen molar-refractivity contribution in [2.75, 3.05) is 6.54 Å². The molecule has 1 N–H and O–H groups in total. The Balaban J connectivity index is 1.97. The van der Waals surface area contributed by atoms with Gasteiger partial charge in [0.25, 0.3) is 0 Å². The summed E-state index contributed by atoms with van der Waals surface area (Å²) in [5, 5.41) is 7.88. The van der Waals surface area contributed by atoms with Crippen molar-refractivity contribution < 1.29 is 0 Å². The van der Waals surface area contributed by atoms with Crippen LogP contribution >= 0.6 is 0 Å². The topological polar surface area (TPSA) is 55.6 Å². The number of nitrogens with one attached hydrogen (secondary N) is 1. The third kappa shape index (κ3) is 4.63. The van der Waals surface area contributed by atoms with Crippen LogP contribution in [0.25, 0.3) is 0 Å². The lowest BCUT2D eigenvalue weighted by atomic mass is 10.0. The maximum absolute atomic E-state index is 4.42. The Morgan fingerprint density at radius 3 is 2.67 bits per heavy atom. The van der Waals surface area contributed by atoms with Gasteiger partial charge in [-0.2, -0.15) is 5.10 Å². The Kier molecular flexibility index (Phi) is 5.87. The first-order valence-corrected chi connectivity index (χ1v) is 7.71. The molecule has 0 saturated carbocycles. The van der Waals surface area contributed by atoms with E-state index in [1.54, 1.807) is 6.33 Å². The minimum absolute atomic E-state index is 0.352. The van der Waals surface area contributed by atoms with E-state index in [1.165, 1.54) is 5.56 Å². The molecule has 2 rings (SSSR count). The lowest BCUT2D eigenvalue weighted by Gasteiger charge is -2.18. The lowest BCUT2D eigenvalue weighted by molar-refractivity contribution is 0.444. The summed E-state index contributed by atoms with van der Waals surface area (Å²) in [5.41, 5.74) is 1.33. The van der Waals surface area contributed by atoms with Crippen molar-refractivity contribution in [2.45, 2.75) is 52.1 Å². The van der Waals surface area contributed by atoms with Crippen LogP contribution in [0.1, 0.15) is 44.6 Å². The second-order valence-electron chi connectivity index (χ2n) is 5.57. The van der Waals surface area contributed by atoms with Gasteiger partial charge in [-0.05, 0) is 50.9 Å². The molecule has 5 heteroatoms. The van der Waals surface area contributed by atoms with E-state index >= 15 is 0 Å². The summed E-state index contributed by atoms with van der Waals surface area (Å²) in [6, 6.07) is 4.94. The summed E-state index contributed by atoms with van der Waals surface area (Å²) in [6.07, 6.45) is 8.41. The van der Waals surface area contributed by atoms with Crippen LogP contribution in [0.5, 0.6) is 0 Å². The monoisotopic (exact) mass is 287 g/mol. The average Bonchev–Trinajstić information content (AvgIpc) is 2.94. The maximum atomic E-state index is 4.42. The second-order valence-corrected chi connectivity index (χ2v) is 5.57. The number of aromatic nitrogens is 4. The molecule has 0 fully saturated rings. The van der Waals surface area contributed by atoms with Crippen molar-refractivity contribution >= 4 is 0 Å². The number of aryl methyl sites for hydroxylation is 1. The molecule has 1 unspecified atom stereocenters. The summed E-state index contributed by atoms with van der Waals surface area (Å²) >= 11 is 0. The number of hydrogen-bond donors (Lipinski definition) is 1. The SMILES string of the molecule is CCNC(CCc1ccncc1)Cc1ncnn1C(C)C. The minimum Gasteiger partial charge on any atom is -0.314 e. The van der Waals surface area contributed by atoms with E-state index in [0.717, 1.165) is 31.6 Å². The van der Waals surface area contributed by atoms with Crippen LogP contribution in [0, 0.1) is 0 Å². The van der Waals surface area contributed by atoms with Gasteiger partial charge in [-0.15, -0.1) is 0 Å². The van der Waals surface area contributed by atoms with Gasteiger partial charge in [-0.1, -0.05) is 6.92 Å². The molecular formula is C16H25N5. The van der Waals surface area contributed by atoms with Crippen LogP contribution in [-0.4, -0.2) is 32.3 Å². The molecule has 0 amide bonds. The molecule has 0 aliphatic heterocycles. The highest BCUT2D eigenvalue weighted by Gasteiger charge is 2.14. The minimum atomic E-state index is 0.352. The maximum Gasteiger partial charge on any atom is 0.138 e. The molecule has 0 saturated heterocycles. The molecule has 21 heavy (non-hydrogen) atoms. The molecule has 2 aromatic rings. The molecule has 0 radical (unpaired) electrons. The lowest BCUT2D eigenvalue weighted by Crippen LogP contribution is -2.32. The molecule has 0 aliphatic rings. The Morgan fingerprint density at radius 2 is 2.00 bits per heavy atom. The normalized spacial score (nSPS) is 12.8. The van der Waals surface area contributed by atoms with Gasteiger partial charge in [0.05, 0.1) is 0 Å². The molecule has 114 valence electrons. The average molecular weight is 287 g/mol. The largest absolute Gasteiger partial charge is 0.314 e. The molecule has 0 spiro atoms. The molecule has 0 aliphatic carbocycles. The van der Waals surface area contributed by atoms with Gasteiger partial charge in [-0.3, -0.25) is 4.98 Å². The van der Waals surface area contributed by atoms with Gasteiger partial charge in [0, 0.05) is 30.9 Å². The van der Waals surface area contributed by atoms with Crippen molar-refractivity contribution in [3.63, 3.8) is 0 Å². The Labute approximate surface area is 126 Å². The Hall–Kier alpha value is -1.75. The van der Waals surface area contributed by atoms with Gasteiger partial charge in [0.1, 0.15) is 12.2 Å². The summed E-state index contributed by atoms with van der Waals surface area (Å²) in [6.45, 7) is 7.39. The number of likely N-dealkylation sites (N-methyl/N-ethyl adjacent to an activating group) is 1. The molecule has 5 nitrogen and oxygen atoms in total. The van der Waals surface area contributed by atoms with Gasteiger partial charge in [-0.25, -0.2) is 9.67 Å². The van der Waals surface area contributed by atoms with Crippen LogP contribution in [0.3, 0.4) is 0 Å². The summed E-state index contributed by atoms with van der Waals surface area (Å²) in [4.78, 5) is 8.48. The van der Waals surface area contributed by atoms with Crippen molar-refractivity contribution in [3.8, 4) is 0 Å². The number of hydrogen-bond acceptors (Lipinski definition) is 4. The molecule has 2 aromatic heterocycles. The Bertz CT molecular complexity index is 520. The van der Waals surface area contributed by atoms with Gasteiger partial charge in [0.15, 0.2) is 0 Å². The highest BCUT2D eigenvalue weighted by atomic mass is 15.3. The Morgan fingerprint density at radius 1 is 1.24 bits per heavy atom. The van der Waals surface area contributed by atoms with Gasteiger partial charge in [0.2, 0.25) is 0 Å². The summed E-state index contributed by atoms with van der Waals surface area (Å²) in [7, 11) is 0. The fraction of sp³-hybridized carbons (Fsp3) is 0.562. The zero-order valence-corrected chi connectivity index (χ0v) is 13.2. The van der Waals surface area contributed by atoms with Gasteiger partial charge < -0.3 is 5.32 Å². The number of nitrogens with zero attached hydrogens (tertiary/aromatic N) is 4.